The first kappa shape index (κ1) is 33.3. The summed E-state index contributed by atoms with van der Waals surface area (Å²) in [6.45, 7) is 2.20. The number of esters is 1. The van der Waals surface area contributed by atoms with E-state index in [0.717, 1.165) is 15.6 Å². The number of fused-ring (bicyclic) bond motifs is 1. The second kappa shape index (κ2) is 14.6. The van der Waals surface area contributed by atoms with Crippen LogP contribution in [-0.4, -0.2) is 31.4 Å². The Kier molecular flexibility index (Phi) is 10.1. The number of carbonyl (C=O) groups is 1. The van der Waals surface area contributed by atoms with Gasteiger partial charge in [-0.15, -0.1) is 0 Å². The van der Waals surface area contributed by atoms with Crippen LogP contribution in [0.2, 0.25) is 5.02 Å². The highest BCUT2D eigenvalue weighted by molar-refractivity contribution is 9.10. The molecule has 2 heterocycles. The molecule has 0 unspecified atom stereocenters. The standard InChI is InChI=1S/C37H30BrClN2O6S/c1-4-46-36(43)31-32(24-8-6-5-7-9-24)40-37-41(33(31)25-12-16-27(44-2)17-13-25)35(42)30(48-37)20-23-18-28(39)34(29(19-23)45-3)47-21-22-10-14-26(38)15-11-22/h5-20,33H,4,21H2,1-3H3/b30-20-/t33-/m1/s1. The van der Waals surface area contributed by atoms with Crippen LogP contribution >= 0.6 is 38.9 Å². The molecular weight excluding hydrogens is 716 g/mol. The van der Waals surface area contributed by atoms with E-state index in [-0.39, 0.29) is 17.7 Å². The number of hydrogen-bond acceptors (Lipinski definition) is 8. The minimum atomic E-state index is -0.809. The number of rotatable bonds is 10. The van der Waals surface area contributed by atoms with Crippen LogP contribution in [0, 0.1) is 0 Å². The smallest absolute Gasteiger partial charge is 0.338 e. The molecule has 0 fully saturated rings. The molecule has 1 aliphatic heterocycles. The SMILES string of the molecule is CCOC(=O)C1=C(c2ccccc2)N=c2s/c(=C\c3cc(Cl)c(OCc4ccc(Br)cc4)c(OC)c3)c(=O)n2[C@@H]1c1ccc(OC)cc1. The highest BCUT2D eigenvalue weighted by Gasteiger charge is 2.35. The fourth-order valence-corrected chi connectivity index (χ4v) is 6.93. The second-order valence-electron chi connectivity index (χ2n) is 10.7. The quantitative estimate of drug-likeness (QED) is 0.144. The molecular formula is C37H30BrClN2O6S. The number of halogens is 2. The van der Waals surface area contributed by atoms with Crippen LogP contribution < -0.4 is 29.1 Å². The van der Waals surface area contributed by atoms with Gasteiger partial charge in [0.15, 0.2) is 16.3 Å². The molecule has 0 saturated heterocycles. The molecule has 48 heavy (non-hydrogen) atoms. The molecule has 1 atom stereocenters. The molecule has 4 aromatic carbocycles. The number of thiazole rings is 1. The molecule has 0 amide bonds. The third kappa shape index (κ3) is 6.82. The van der Waals surface area contributed by atoms with E-state index in [9.17, 15) is 9.59 Å². The molecule has 8 nitrogen and oxygen atoms in total. The number of carbonyl (C=O) groups excluding carboxylic acids is 1. The van der Waals surface area contributed by atoms with Crippen LogP contribution in [0.1, 0.15) is 35.2 Å². The van der Waals surface area contributed by atoms with Gasteiger partial charge < -0.3 is 18.9 Å². The van der Waals surface area contributed by atoms with E-state index in [1.165, 1.54) is 18.4 Å². The van der Waals surface area contributed by atoms with Gasteiger partial charge in [-0.1, -0.05) is 93.5 Å². The summed E-state index contributed by atoms with van der Waals surface area (Å²) in [6, 6.07) is 27.1. The van der Waals surface area contributed by atoms with Gasteiger partial charge in [0.25, 0.3) is 5.56 Å². The summed E-state index contributed by atoms with van der Waals surface area (Å²) < 4.78 is 25.5. The number of nitrogens with zero attached hydrogens (tertiary/aromatic N) is 2. The molecule has 1 aromatic heterocycles. The Labute approximate surface area is 294 Å². The van der Waals surface area contributed by atoms with Crippen molar-refractivity contribution >= 4 is 56.6 Å². The summed E-state index contributed by atoms with van der Waals surface area (Å²) in [5.41, 5.74) is 3.42. The molecule has 0 aliphatic carbocycles. The first-order valence-corrected chi connectivity index (χ1v) is 17.0. The summed E-state index contributed by atoms with van der Waals surface area (Å²) in [4.78, 5) is 33.3. The molecule has 0 bridgehead atoms. The van der Waals surface area contributed by atoms with Gasteiger partial charge in [0.1, 0.15) is 12.4 Å². The van der Waals surface area contributed by atoms with Crippen LogP contribution in [0.3, 0.4) is 0 Å². The average Bonchev–Trinajstić information content (AvgIpc) is 3.41. The lowest BCUT2D eigenvalue weighted by molar-refractivity contribution is -0.138. The zero-order valence-electron chi connectivity index (χ0n) is 26.2. The van der Waals surface area contributed by atoms with Gasteiger partial charge in [-0.3, -0.25) is 9.36 Å². The van der Waals surface area contributed by atoms with Crippen LogP contribution in [0.5, 0.6) is 17.2 Å². The summed E-state index contributed by atoms with van der Waals surface area (Å²) in [5.74, 6) is 0.911. The third-order valence-corrected chi connectivity index (χ3v) is 9.44. The maximum atomic E-state index is 14.3. The number of methoxy groups -OCH3 is 2. The van der Waals surface area contributed by atoms with E-state index < -0.39 is 12.0 Å². The van der Waals surface area contributed by atoms with E-state index in [1.807, 2.05) is 66.7 Å². The average molecular weight is 746 g/mol. The highest BCUT2D eigenvalue weighted by Crippen LogP contribution is 2.38. The largest absolute Gasteiger partial charge is 0.497 e. The summed E-state index contributed by atoms with van der Waals surface area (Å²) in [6.07, 6.45) is 1.73. The van der Waals surface area contributed by atoms with Gasteiger partial charge in [-0.05, 0) is 66.1 Å². The maximum absolute atomic E-state index is 14.3. The highest BCUT2D eigenvalue weighted by atomic mass is 79.9. The molecule has 0 saturated carbocycles. The van der Waals surface area contributed by atoms with Gasteiger partial charge in [-0.2, -0.15) is 0 Å². The van der Waals surface area contributed by atoms with E-state index >= 15 is 0 Å². The first-order valence-electron chi connectivity index (χ1n) is 15.0. The van der Waals surface area contributed by atoms with Crippen molar-refractivity contribution in [3.8, 4) is 17.2 Å². The Morgan fingerprint density at radius 3 is 2.40 bits per heavy atom. The third-order valence-electron chi connectivity index (χ3n) is 7.65. The molecule has 5 aromatic rings. The predicted octanol–water partition coefficient (Wildman–Crippen LogP) is 6.95. The Hall–Kier alpha value is -4.64. The first-order chi connectivity index (χ1) is 23.3. The van der Waals surface area contributed by atoms with Gasteiger partial charge in [0, 0.05) is 10.0 Å². The summed E-state index contributed by atoms with van der Waals surface area (Å²) in [5, 5.41) is 0.331. The normalized spacial score (nSPS) is 14.3. The van der Waals surface area contributed by atoms with Crippen molar-refractivity contribution in [3.63, 3.8) is 0 Å². The van der Waals surface area contributed by atoms with Gasteiger partial charge in [0.2, 0.25) is 0 Å². The topological polar surface area (TPSA) is 88.4 Å². The number of ether oxygens (including phenoxy) is 4. The lowest BCUT2D eigenvalue weighted by atomic mass is 9.93. The van der Waals surface area contributed by atoms with Crippen molar-refractivity contribution in [3.05, 3.63) is 148 Å². The fourth-order valence-electron chi connectivity index (χ4n) is 5.39. The lowest BCUT2D eigenvalue weighted by Crippen LogP contribution is -2.40. The Morgan fingerprint density at radius 2 is 1.73 bits per heavy atom. The van der Waals surface area contributed by atoms with E-state index in [1.54, 1.807) is 48.9 Å². The molecule has 0 radical (unpaired) electrons. The van der Waals surface area contributed by atoms with Crippen LogP contribution in [-0.2, 0) is 16.1 Å². The van der Waals surface area contributed by atoms with Gasteiger partial charge in [-0.25, -0.2) is 9.79 Å². The zero-order valence-corrected chi connectivity index (χ0v) is 29.4. The maximum Gasteiger partial charge on any atom is 0.338 e. The zero-order chi connectivity index (χ0) is 33.8. The molecule has 11 heteroatoms. The predicted molar refractivity (Wildman–Crippen MR) is 191 cm³/mol. The van der Waals surface area contributed by atoms with Gasteiger partial charge >= 0.3 is 5.97 Å². The van der Waals surface area contributed by atoms with Gasteiger partial charge in [0.05, 0.1) is 47.7 Å². The van der Waals surface area contributed by atoms with Crippen molar-refractivity contribution in [2.75, 3.05) is 20.8 Å². The molecule has 1 aliphatic rings. The lowest BCUT2D eigenvalue weighted by Gasteiger charge is -2.26. The van der Waals surface area contributed by atoms with Crippen molar-refractivity contribution in [2.24, 2.45) is 4.99 Å². The fraction of sp³-hybridized carbons (Fsp3) is 0.162. The van der Waals surface area contributed by atoms with Crippen molar-refractivity contribution in [1.82, 2.24) is 4.57 Å². The number of benzene rings is 4. The van der Waals surface area contributed by atoms with Crippen molar-refractivity contribution in [1.29, 1.82) is 0 Å². The molecule has 0 N–H and O–H groups in total. The monoisotopic (exact) mass is 744 g/mol. The van der Waals surface area contributed by atoms with E-state index in [2.05, 4.69) is 15.9 Å². The molecule has 6 rings (SSSR count). The Bertz CT molecular complexity index is 2180. The molecule has 244 valence electrons. The van der Waals surface area contributed by atoms with Crippen molar-refractivity contribution in [2.45, 2.75) is 19.6 Å². The van der Waals surface area contributed by atoms with E-state index in [0.29, 0.717) is 55.0 Å². The minimum Gasteiger partial charge on any atom is -0.497 e. The van der Waals surface area contributed by atoms with Crippen LogP contribution in [0.4, 0.5) is 0 Å². The van der Waals surface area contributed by atoms with Crippen molar-refractivity contribution < 1.29 is 23.7 Å². The Balaban J connectivity index is 1.49. The second-order valence-corrected chi connectivity index (χ2v) is 13.0. The van der Waals surface area contributed by atoms with Crippen LogP contribution in [0.25, 0.3) is 11.8 Å². The molecule has 0 spiro atoms. The number of aromatic nitrogens is 1. The van der Waals surface area contributed by atoms with Crippen LogP contribution in [0.15, 0.2) is 111 Å². The van der Waals surface area contributed by atoms with E-state index in [4.69, 9.17) is 35.5 Å². The summed E-state index contributed by atoms with van der Waals surface area (Å²) in [7, 11) is 3.12. The minimum absolute atomic E-state index is 0.162. The number of hydrogen-bond donors (Lipinski definition) is 0. The Morgan fingerprint density at radius 1 is 1.00 bits per heavy atom. The summed E-state index contributed by atoms with van der Waals surface area (Å²) >= 11 is 11.4.